The average Bonchev–Trinajstić information content (AvgIpc) is 2.85. The molecule has 0 unspecified atom stereocenters. The molecule has 94 valence electrons. The first-order chi connectivity index (χ1) is 8.59. The number of aromatic amines is 1. The van der Waals surface area contributed by atoms with Crippen LogP contribution in [0.25, 0.3) is 0 Å². The second kappa shape index (κ2) is 5.65. The van der Waals surface area contributed by atoms with Gasteiger partial charge in [0.1, 0.15) is 0 Å². The standard InChI is InChI=1S/C12H9Cl3N2O/c13-8-3-4-9(14)11(15)10(8)12(18)17-6-7-2-1-5-16-7/h1-5,16H,6H2,(H,17,18). The fraction of sp³-hybridized carbons (Fsp3) is 0.0833. The van der Waals surface area contributed by atoms with Crippen molar-refractivity contribution in [2.75, 3.05) is 0 Å². The lowest BCUT2D eigenvalue weighted by atomic mass is 10.2. The van der Waals surface area contributed by atoms with E-state index in [1.807, 2.05) is 12.1 Å². The van der Waals surface area contributed by atoms with E-state index in [1.54, 1.807) is 18.3 Å². The van der Waals surface area contributed by atoms with Crippen LogP contribution in [0.4, 0.5) is 0 Å². The molecule has 0 fully saturated rings. The summed E-state index contributed by atoms with van der Waals surface area (Å²) in [4.78, 5) is 15.0. The van der Waals surface area contributed by atoms with E-state index in [0.717, 1.165) is 5.69 Å². The molecule has 3 nitrogen and oxygen atoms in total. The minimum atomic E-state index is -0.359. The van der Waals surface area contributed by atoms with Crippen molar-refractivity contribution in [1.29, 1.82) is 0 Å². The van der Waals surface area contributed by atoms with E-state index in [4.69, 9.17) is 34.8 Å². The lowest BCUT2D eigenvalue weighted by Gasteiger charge is -2.08. The zero-order valence-electron chi connectivity index (χ0n) is 9.14. The van der Waals surface area contributed by atoms with Crippen LogP contribution in [0.1, 0.15) is 16.1 Å². The van der Waals surface area contributed by atoms with Crippen LogP contribution in [-0.4, -0.2) is 10.9 Å². The van der Waals surface area contributed by atoms with Crippen LogP contribution in [0.3, 0.4) is 0 Å². The molecule has 0 atom stereocenters. The topological polar surface area (TPSA) is 44.9 Å². The fourth-order valence-corrected chi connectivity index (χ4v) is 2.18. The molecule has 1 amide bonds. The van der Waals surface area contributed by atoms with Crippen LogP contribution in [-0.2, 0) is 6.54 Å². The lowest BCUT2D eigenvalue weighted by Crippen LogP contribution is -2.23. The molecule has 0 saturated carbocycles. The number of nitrogens with one attached hydrogen (secondary N) is 2. The summed E-state index contributed by atoms with van der Waals surface area (Å²) >= 11 is 17.8. The summed E-state index contributed by atoms with van der Waals surface area (Å²) < 4.78 is 0. The maximum Gasteiger partial charge on any atom is 0.254 e. The van der Waals surface area contributed by atoms with Crippen molar-refractivity contribution in [1.82, 2.24) is 10.3 Å². The number of aromatic nitrogens is 1. The maximum atomic E-state index is 12.0. The van der Waals surface area contributed by atoms with Crippen molar-refractivity contribution in [2.24, 2.45) is 0 Å². The van der Waals surface area contributed by atoms with Gasteiger partial charge in [-0.3, -0.25) is 4.79 Å². The summed E-state index contributed by atoms with van der Waals surface area (Å²) in [5, 5.41) is 3.44. The molecule has 2 N–H and O–H groups in total. The van der Waals surface area contributed by atoms with Gasteiger partial charge in [-0.1, -0.05) is 34.8 Å². The summed E-state index contributed by atoms with van der Waals surface area (Å²) in [5.74, 6) is -0.359. The minimum Gasteiger partial charge on any atom is -0.364 e. The summed E-state index contributed by atoms with van der Waals surface area (Å²) in [6.45, 7) is 0.366. The number of hydrogen-bond donors (Lipinski definition) is 2. The largest absolute Gasteiger partial charge is 0.364 e. The zero-order chi connectivity index (χ0) is 13.1. The third-order valence-corrected chi connectivity index (χ3v) is 3.49. The van der Waals surface area contributed by atoms with E-state index in [2.05, 4.69) is 10.3 Å². The van der Waals surface area contributed by atoms with Gasteiger partial charge in [-0.15, -0.1) is 0 Å². The van der Waals surface area contributed by atoms with Crippen LogP contribution in [0.15, 0.2) is 30.5 Å². The number of H-pyrrole nitrogens is 1. The Kier molecular flexibility index (Phi) is 4.17. The van der Waals surface area contributed by atoms with Gasteiger partial charge in [0, 0.05) is 11.9 Å². The molecule has 0 aliphatic rings. The SMILES string of the molecule is O=C(NCc1ccc[nH]1)c1c(Cl)ccc(Cl)c1Cl. The second-order valence-corrected chi connectivity index (χ2v) is 4.79. The summed E-state index contributed by atoms with van der Waals surface area (Å²) in [5.41, 5.74) is 1.08. The highest BCUT2D eigenvalue weighted by Gasteiger charge is 2.16. The first kappa shape index (κ1) is 13.3. The molecule has 0 saturated heterocycles. The van der Waals surface area contributed by atoms with E-state index in [9.17, 15) is 4.79 Å². The number of carbonyl (C=O) groups is 1. The molecule has 0 aliphatic carbocycles. The van der Waals surface area contributed by atoms with Gasteiger partial charge in [0.15, 0.2) is 0 Å². The van der Waals surface area contributed by atoms with E-state index < -0.39 is 0 Å². The normalized spacial score (nSPS) is 10.4. The average molecular weight is 304 g/mol. The molecule has 1 aromatic carbocycles. The lowest BCUT2D eigenvalue weighted by molar-refractivity contribution is 0.0951. The smallest absolute Gasteiger partial charge is 0.254 e. The van der Waals surface area contributed by atoms with Gasteiger partial charge >= 0.3 is 0 Å². The Morgan fingerprint density at radius 3 is 2.56 bits per heavy atom. The Hall–Kier alpha value is -1.16. The van der Waals surface area contributed by atoms with E-state index in [0.29, 0.717) is 11.6 Å². The van der Waals surface area contributed by atoms with Crippen molar-refractivity contribution in [2.45, 2.75) is 6.54 Å². The monoisotopic (exact) mass is 302 g/mol. The molecule has 2 rings (SSSR count). The van der Waals surface area contributed by atoms with Crippen LogP contribution >= 0.6 is 34.8 Å². The Balaban J connectivity index is 2.16. The Morgan fingerprint density at radius 2 is 1.89 bits per heavy atom. The predicted molar refractivity (Wildman–Crippen MR) is 73.4 cm³/mol. The molecule has 1 heterocycles. The van der Waals surface area contributed by atoms with Gasteiger partial charge in [0.2, 0.25) is 0 Å². The second-order valence-electron chi connectivity index (χ2n) is 3.60. The third kappa shape index (κ3) is 2.80. The summed E-state index contributed by atoms with van der Waals surface area (Å²) in [6, 6.07) is 6.80. The number of benzene rings is 1. The molecule has 0 aliphatic heterocycles. The molecule has 6 heteroatoms. The molecule has 0 bridgehead atoms. The quantitative estimate of drug-likeness (QED) is 0.830. The molecular weight excluding hydrogens is 295 g/mol. The van der Waals surface area contributed by atoms with Crippen LogP contribution in [0.2, 0.25) is 15.1 Å². The molecular formula is C12H9Cl3N2O. The van der Waals surface area contributed by atoms with Crippen molar-refractivity contribution >= 4 is 40.7 Å². The third-order valence-electron chi connectivity index (χ3n) is 2.37. The Labute approximate surface area is 119 Å². The minimum absolute atomic E-state index is 0.160. The van der Waals surface area contributed by atoms with E-state index >= 15 is 0 Å². The van der Waals surface area contributed by atoms with Crippen LogP contribution < -0.4 is 5.32 Å². The highest BCUT2D eigenvalue weighted by Crippen LogP contribution is 2.31. The van der Waals surface area contributed by atoms with Crippen LogP contribution in [0.5, 0.6) is 0 Å². The zero-order valence-corrected chi connectivity index (χ0v) is 11.4. The van der Waals surface area contributed by atoms with Crippen molar-refractivity contribution in [3.8, 4) is 0 Å². The number of carbonyl (C=O) groups excluding carboxylic acids is 1. The van der Waals surface area contributed by atoms with Gasteiger partial charge in [-0.05, 0) is 24.3 Å². The Bertz CT molecular complexity index is 567. The van der Waals surface area contributed by atoms with Gasteiger partial charge in [-0.2, -0.15) is 0 Å². The maximum absolute atomic E-state index is 12.0. The molecule has 18 heavy (non-hydrogen) atoms. The molecule has 0 spiro atoms. The Morgan fingerprint density at radius 1 is 1.17 bits per heavy atom. The first-order valence-corrected chi connectivity index (χ1v) is 6.27. The van der Waals surface area contributed by atoms with Crippen molar-refractivity contribution in [3.05, 3.63) is 56.8 Å². The van der Waals surface area contributed by atoms with Crippen molar-refractivity contribution < 1.29 is 4.79 Å². The number of halogens is 3. The highest BCUT2D eigenvalue weighted by molar-refractivity contribution is 6.46. The predicted octanol–water partition coefficient (Wildman–Crippen LogP) is 3.90. The van der Waals surface area contributed by atoms with Gasteiger partial charge in [0.05, 0.1) is 27.2 Å². The fourth-order valence-electron chi connectivity index (χ4n) is 1.48. The number of amides is 1. The summed E-state index contributed by atoms with van der Waals surface area (Å²) in [6.07, 6.45) is 1.78. The molecule has 1 aromatic heterocycles. The van der Waals surface area contributed by atoms with Crippen LogP contribution in [0, 0.1) is 0 Å². The first-order valence-electron chi connectivity index (χ1n) is 5.13. The van der Waals surface area contributed by atoms with E-state index in [-0.39, 0.29) is 21.5 Å². The van der Waals surface area contributed by atoms with Crippen molar-refractivity contribution in [3.63, 3.8) is 0 Å². The van der Waals surface area contributed by atoms with Gasteiger partial charge in [0.25, 0.3) is 5.91 Å². The molecule has 2 aromatic rings. The molecule has 0 radical (unpaired) electrons. The van der Waals surface area contributed by atoms with Gasteiger partial charge in [-0.25, -0.2) is 0 Å². The highest BCUT2D eigenvalue weighted by atomic mass is 35.5. The number of hydrogen-bond acceptors (Lipinski definition) is 1. The summed E-state index contributed by atoms with van der Waals surface area (Å²) in [7, 11) is 0. The van der Waals surface area contributed by atoms with E-state index in [1.165, 1.54) is 0 Å². The number of rotatable bonds is 3. The van der Waals surface area contributed by atoms with Gasteiger partial charge < -0.3 is 10.3 Å².